The highest BCUT2D eigenvalue weighted by atomic mass is 16.2. The number of carbonyl (C=O) groups excluding carboxylic acids is 2. The fourth-order valence-corrected chi connectivity index (χ4v) is 2.92. The van der Waals surface area contributed by atoms with Crippen LogP contribution >= 0.6 is 0 Å². The van der Waals surface area contributed by atoms with Crippen molar-refractivity contribution in [3.05, 3.63) is 53.5 Å². The van der Waals surface area contributed by atoms with Crippen LogP contribution in [0.1, 0.15) is 26.5 Å². The Balaban J connectivity index is 1.50. The molecule has 2 aromatic rings. The van der Waals surface area contributed by atoms with Crippen LogP contribution in [0.4, 0.5) is 5.82 Å². The standard InChI is InChI=1S/C19H23N5O2/c1-14-20-9-8-17(21-14)23(3)12-10-22(2)11-13-24-18(25)15-6-4-5-7-16(15)19(24)26/h4-9H,10-13H2,1-3H3. The molecule has 1 aromatic carbocycles. The van der Waals surface area contributed by atoms with E-state index in [1.54, 1.807) is 30.5 Å². The number of rotatable bonds is 7. The van der Waals surface area contributed by atoms with Crippen LogP contribution < -0.4 is 4.90 Å². The summed E-state index contributed by atoms with van der Waals surface area (Å²) < 4.78 is 0. The zero-order chi connectivity index (χ0) is 18.7. The molecule has 1 aliphatic rings. The largest absolute Gasteiger partial charge is 0.358 e. The van der Waals surface area contributed by atoms with Gasteiger partial charge in [-0.2, -0.15) is 0 Å². The zero-order valence-electron chi connectivity index (χ0n) is 15.3. The molecule has 7 nitrogen and oxygen atoms in total. The van der Waals surface area contributed by atoms with Crippen molar-refractivity contribution >= 4 is 17.6 Å². The van der Waals surface area contributed by atoms with Crippen LogP contribution in [-0.2, 0) is 0 Å². The molecule has 0 saturated carbocycles. The average Bonchev–Trinajstić information content (AvgIpc) is 2.89. The number of amides is 2. The first kappa shape index (κ1) is 18.0. The lowest BCUT2D eigenvalue weighted by Crippen LogP contribution is -2.39. The monoisotopic (exact) mass is 353 g/mol. The third-order valence-electron chi connectivity index (χ3n) is 4.55. The maximum Gasteiger partial charge on any atom is 0.261 e. The maximum absolute atomic E-state index is 12.4. The molecule has 3 rings (SSSR count). The van der Waals surface area contributed by atoms with Crippen molar-refractivity contribution in [3.8, 4) is 0 Å². The number of hydrogen-bond donors (Lipinski definition) is 0. The maximum atomic E-state index is 12.4. The van der Waals surface area contributed by atoms with E-state index in [0.717, 1.165) is 24.7 Å². The van der Waals surface area contributed by atoms with Gasteiger partial charge in [-0.1, -0.05) is 12.1 Å². The van der Waals surface area contributed by atoms with Gasteiger partial charge in [-0.15, -0.1) is 0 Å². The van der Waals surface area contributed by atoms with Gasteiger partial charge in [0, 0.05) is 39.4 Å². The molecule has 0 radical (unpaired) electrons. The van der Waals surface area contributed by atoms with Gasteiger partial charge in [0.25, 0.3) is 11.8 Å². The minimum Gasteiger partial charge on any atom is -0.358 e. The van der Waals surface area contributed by atoms with Crippen molar-refractivity contribution in [1.29, 1.82) is 0 Å². The lowest BCUT2D eigenvalue weighted by atomic mass is 10.1. The number of imide groups is 1. The Labute approximate surface area is 153 Å². The highest BCUT2D eigenvalue weighted by Crippen LogP contribution is 2.21. The van der Waals surface area contributed by atoms with E-state index in [-0.39, 0.29) is 11.8 Å². The Morgan fingerprint density at radius 1 is 0.962 bits per heavy atom. The van der Waals surface area contributed by atoms with Crippen molar-refractivity contribution in [2.45, 2.75) is 6.92 Å². The molecule has 136 valence electrons. The number of fused-ring (bicyclic) bond motifs is 1. The molecule has 2 amide bonds. The normalized spacial score (nSPS) is 13.5. The predicted molar refractivity (Wildman–Crippen MR) is 99.3 cm³/mol. The molecule has 7 heteroatoms. The first-order valence-corrected chi connectivity index (χ1v) is 8.62. The van der Waals surface area contributed by atoms with Crippen LogP contribution in [0.2, 0.25) is 0 Å². The Morgan fingerprint density at radius 2 is 1.62 bits per heavy atom. The molecule has 26 heavy (non-hydrogen) atoms. The lowest BCUT2D eigenvalue weighted by molar-refractivity contribution is 0.0641. The van der Waals surface area contributed by atoms with Gasteiger partial charge in [0.15, 0.2) is 0 Å². The van der Waals surface area contributed by atoms with E-state index in [1.807, 2.05) is 27.1 Å². The van der Waals surface area contributed by atoms with Gasteiger partial charge in [-0.25, -0.2) is 9.97 Å². The van der Waals surface area contributed by atoms with Crippen molar-refractivity contribution < 1.29 is 9.59 Å². The van der Waals surface area contributed by atoms with E-state index in [2.05, 4.69) is 19.8 Å². The Morgan fingerprint density at radius 3 is 2.23 bits per heavy atom. The summed E-state index contributed by atoms with van der Waals surface area (Å²) in [5, 5.41) is 0. The van der Waals surface area contributed by atoms with E-state index in [1.165, 1.54) is 4.90 Å². The molecule has 1 aliphatic heterocycles. The number of carbonyl (C=O) groups is 2. The molecule has 0 fully saturated rings. The lowest BCUT2D eigenvalue weighted by Gasteiger charge is -2.24. The molecule has 0 N–H and O–H groups in total. The van der Waals surface area contributed by atoms with Crippen molar-refractivity contribution in [1.82, 2.24) is 19.8 Å². The summed E-state index contributed by atoms with van der Waals surface area (Å²) in [6, 6.07) is 8.86. The summed E-state index contributed by atoms with van der Waals surface area (Å²) in [6.45, 7) is 4.46. The third kappa shape index (κ3) is 3.72. The molecule has 0 spiro atoms. The van der Waals surface area contributed by atoms with E-state index in [4.69, 9.17) is 0 Å². The third-order valence-corrected chi connectivity index (χ3v) is 4.55. The first-order chi connectivity index (χ1) is 12.5. The topological polar surface area (TPSA) is 69.6 Å². The highest BCUT2D eigenvalue weighted by molar-refractivity contribution is 6.21. The molecule has 0 unspecified atom stereocenters. The first-order valence-electron chi connectivity index (χ1n) is 8.62. The minimum absolute atomic E-state index is 0.201. The molecule has 1 aromatic heterocycles. The summed E-state index contributed by atoms with van der Waals surface area (Å²) >= 11 is 0. The highest BCUT2D eigenvalue weighted by Gasteiger charge is 2.34. The van der Waals surface area contributed by atoms with Crippen LogP contribution in [0.3, 0.4) is 0 Å². The van der Waals surface area contributed by atoms with Crippen molar-refractivity contribution in [2.75, 3.05) is 45.2 Å². The Kier molecular flexibility index (Phi) is 5.27. The van der Waals surface area contributed by atoms with Gasteiger partial charge in [0.05, 0.1) is 11.1 Å². The van der Waals surface area contributed by atoms with Crippen LogP contribution in [0.15, 0.2) is 36.5 Å². The second-order valence-electron chi connectivity index (χ2n) is 6.49. The average molecular weight is 353 g/mol. The smallest absolute Gasteiger partial charge is 0.261 e. The van der Waals surface area contributed by atoms with Gasteiger partial charge in [0.1, 0.15) is 11.6 Å². The van der Waals surface area contributed by atoms with E-state index >= 15 is 0 Å². The Bertz CT molecular complexity index is 788. The minimum atomic E-state index is -0.201. The van der Waals surface area contributed by atoms with E-state index in [0.29, 0.717) is 24.2 Å². The number of hydrogen-bond acceptors (Lipinski definition) is 6. The molecule has 0 saturated heterocycles. The van der Waals surface area contributed by atoms with E-state index < -0.39 is 0 Å². The van der Waals surface area contributed by atoms with Crippen LogP contribution in [0, 0.1) is 6.92 Å². The molecule has 0 atom stereocenters. The fourth-order valence-electron chi connectivity index (χ4n) is 2.92. The van der Waals surface area contributed by atoms with Gasteiger partial charge in [0.2, 0.25) is 0 Å². The van der Waals surface area contributed by atoms with Gasteiger partial charge < -0.3 is 9.80 Å². The zero-order valence-corrected chi connectivity index (χ0v) is 15.3. The van der Waals surface area contributed by atoms with Crippen molar-refractivity contribution in [2.24, 2.45) is 0 Å². The molecule has 2 heterocycles. The van der Waals surface area contributed by atoms with Crippen LogP contribution in [0.5, 0.6) is 0 Å². The summed E-state index contributed by atoms with van der Waals surface area (Å²) in [5.41, 5.74) is 0.998. The second kappa shape index (κ2) is 7.61. The quantitative estimate of drug-likeness (QED) is 0.702. The summed E-state index contributed by atoms with van der Waals surface area (Å²) in [6.07, 6.45) is 1.75. The van der Waals surface area contributed by atoms with Gasteiger partial charge >= 0.3 is 0 Å². The number of benzene rings is 1. The van der Waals surface area contributed by atoms with Crippen molar-refractivity contribution in [3.63, 3.8) is 0 Å². The Hall–Kier alpha value is -2.80. The molecule has 0 aliphatic carbocycles. The number of anilines is 1. The second-order valence-corrected chi connectivity index (χ2v) is 6.49. The number of likely N-dealkylation sites (N-methyl/N-ethyl adjacent to an activating group) is 2. The molecular formula is C19H23N5O2. The number of aryl methyl sites for hydroxylation is 1. The fraction of sp³-hybridized carbons (Fsp3) is 0.368. The molecular weight excluding hydrogens is 330 g/mol. The predicted octanol–water partition coefficient (Wildman–Crippen LogP) is 1.45. The van der Waals surface area contributed by atoms with Crippen LogP contribution in [-0.4, -0.2) is 71.9 Å². The summed E-state index contributed by atoms with van der Waals surface area (Å²) in [5.74, 6) is 1.22. The number of aromatic nitrogens is 2. The summed E-state index contributed by atoms with van der Waals surface area (Å²) in [7, 11) is 3.97. The van der Waals surface area contributed by atoms with Crippen LogP contribution in [0.25, 0.3) is 0 Å². The number of nitrogens with zero attached hydrogens (tertiary/aromatic N) is 5. The van der Waals surface area contributed by atoms with E-state index in [9.17, 15) is 9.59 Å². The SMILES string of the molecule is Cc1nccc(N(C)CCN(C)CCN2C(=O)c3ccccc3C2=O)n1. The summed E-state index contributed by atoms with van der Waals surface area (Å²) in [4.78, 5) is 38.7. The molecule has 0 bridgehead atoms. The van der Waals surface area contributed by atoms with Gasteiger partial charge in [-0.3, -0.25) is 14.5 Å². The van der Waals surface area contributed by atoms with Gasteiger partial charge in [-0.05, 0) is 32.2 Å².